The molecule has 47 heavy (non-hydrogen) atoms. The van der Waals surface area contributed by atoms with Crippen molar-refractivity contribution in [2.75, 3.05) is 6.61 Å². The zero-order valence-electron chi connectivity index (χ0n) is 31.7. The zero-order chi connectivity index (χ0) is 34.5. The molecule has 0 aliphatic carbocycles. The van der Waals surface area contributed by atoms with Crippen molar-refractivity contribution in [2.45, 2.75) is 244 Å². The van der Waals surface area contributed by atoms with E-state index in [-0.39, 0.29) is 6.61 Å². The van der Waals surface area contributed by atoms with E-state index in [1.165, 1.54) is 173 Å². The molecule has 0 saturated heterocycles. The first-order valence-corrected chi connectivity index (χ1v) is 21.0. The fourth-order valence-corrected chi connectivity index (χ4v) is 6.54. The molecule has 0 fully saturated rings. The molecule has 5 nitrogen and oxygen atoms in total. The molecule has 0 heterocycles. The Morgan fingerprint density at radius 2 is 0.830 bits per heavy atom. The molecule has 5 heteroatoms. The first kappa shape index (κ1) is 46.1. The molecule has 0 aromatic heterocycles. The summed E-state index contributed by atoms with van der Waals surface area (Å²) in [6.45, 7) is 4.18. The number of rotatable bonds is 38. The van der Waals surface area contributed by atoms with Gasteiger partial charge < -0.3 is 20.6 Å². The van der Waals surface area contributed by atoms with Gasteiger partial charge in [-0.25, -0.2) is 0 Å². The van der Waals surface area contributed by atoms with Gasteiger partial charge in [-0.2, -0.15) is 0 Å². The molecular formula is C42H83NO4. The first-order valence-electron chi connectivity index (χ1n) is 21.0. The van der Waals surface area contributed by atoms with E-state index in [0.717, 1.165) is 32.1 Å². The van der Waals surface area contributed by atoms with Crippen LogP contribution in [0.5, 0.6) is 0 Å². The Balaban J connectivity index is 3.63. The first-order chi connectivity index (χ1) is 23.1. The number of hydrogen-bond acceptors (Lipinski definition) is 4. The summed E-state index contributed by atoms with van der Waals surface area (Å²) in [4.78, 5) is 12.4. The Hall–Kier alpha value is -0.910. The highest BCUT2D eigenvalue weighted by molar-refractivity contribution is 5.80. The van der Waals surface area contributed by atoms with Crippen LogP contribution in [-0.2, 0) is 4.79 Å². The van der Waals surface area contributed by atoms with E-state index in [2.05, 4.69) is 19.2 Å². The van der Waals surface area contributed by atoms with Crippen LogP contribution in [-0.4, -0.2) is 46.1 Å². The number of amides is 1. The monoisotopic (exact) mass is 666 g/mol. The minimum atomic E-state index is -1.09. The third-order valence-electron chi connectivity index (χ3n) is 9.88. The van der Waals surface area contributed by atoms with Gasteiger partial charge in [0.15, 0.2) is 0 Å². The fourth-order valence-electron chi connectivity index (χ4n) is 6.54. The number of nitrogens with one attached hydrogen (secondary N) is 1. The van der Waals surface area contributed by atoms with Gasteiger partial charge in [-0.3, -0.25) is 4.79 Å². The summed E-state index contributed by atoms with van der Waals surface area (Å²) in [6.07, 6.45) is 43.8. The third kappa shape index (κ3) is 33.4. The lowest BCUT2D eigenvalue weighted by atomic mass is 10.0. The number of unbranched alkanes of at least 4 members (excludes halogenated alkanes) is 30. The highest BCUT2D eigenvalue weighted by Gasteiger charge is 2.22. The van der Waals surface area contributed by atoms with Gasteiger partial charge in [0.1, 0.15) is 6.10 Å². The summed E-state index contributed by atoms with van der Waals surface area (Å²) in [7, 11) is 0. The van der Waals surface area contributed by atoms with Gasteiger partial charge >= 0.3 is 0 Å². The molecule has 0 aliphatic heterocycles. The van der Waals surface area contributed by atoms with Crippen LogP contribution in [0, 0.1) is 0 Å². The van der Waals surface area contributed by atoms with Crippen molar-refractivity contribution in [3.05, 3.63) is 12.2 Å². The molecule has 0 radical (unpaired) electrons. The van der Waals surface area contributed by atoms with E-state index in [1.54, 1.807) is 6.08 Å². The summed E-state index contributed by atoms with van der Waals surface area (Å²) >= 11 is 0. The third-order valence-corrected chi connectivity index (χ3v) is 9.88. The van der Waals surface area contributed by atoms with Crippen LogP contribution in [0.2, 0.25) is 0 Å². The smallest absolute Gasteiger partial charge is 0.249 e. The Morgan fingerprint density at radius 3 is 1.17 bits per heavy atom. The lowest BCUT2D eigenvalue weighted by Gasteiger charge is -2.21. The summed E-state index contributed by atoms with van der Waals surface area (Å²) in [5.74, 6) is -0.500. The van der Waals surface area contributed by atoms with Crippen LogP contribution in [0.1, 0.15) is 226 Å². The van der Waals surface area contributed by atoms with Gasteiger partial charge in [0.05, 0.1) is 18.8 Å². The summed E-state index contributed by atoms with van der Waals surface area (Å²) in [5.41, 5.74) is 0. The molecule has 0 spiro atoms. The molecule has 280 valence electrons. The van der Waals surface area contributed by atoms with E-state index < -0.39 is 24.2 Å². The van der Waals surface area contributed by atoms with Crippen molar-refractivity contribution >= 4 is 5.91 Å². The van der Waals surface area contributed by atoms with E-state index in [1.807, 2.05) is 6.08 Å². The molecule has 0 aromatic carbocycles. The van der Waals surface area contributed by atoms with Gasteiger partial charge in [0, 0.05) is 0 Å². The predicted octanol–water partition coefficient (Wildman–Crippen LogP) is 11.7. The van der Waals surface area contributed by atoms with Gasteiger partial charge in [0.2, 0.25) is 5.91 Å². The van der Waals surface area contributed by atoms with Gasteiger partial charge in [0.25, 0.3) is 0 Å². The molecule has 0 unspecified atom stereocenters. The van der Waals surface area contributed by atoms with Crippen molar-refractivity contribution in [1.29, 1.82) is 0 Å². The number of aliphatic hydroxyl groups excluding tert-OH is 3. The minimum Gasteiger partial charge on any atom is -0.394 e. The second kappa shape index (κ2) is 37.9. The number of hydrogen-bond donors (Lipinski definition) is 4. The average Bonchev–Trinajstić information content (AvgIpc) is 3.07. The van der Waals surface area contributed by atoms with Crippen LogP contribution in [0.4, 0.5) is 0 Å². The van der Waals surface area contributed by atoms with Crippen LogP contribution in [0.3, 0.4) is 0 Å². The van der Waals surface area contributed by atoms with Crippen molar-refractivity contribution in [3.63, 3.8) is 0 Å². The van der Waals surface area contributed by atoms with Crippen LogP contribution in [0.25, 0.3) is 0 Å². The SMILES string of the molecule is CCCCCCCCCCCCC/C=C/[C@@H](O)[C@H](CO)NC(=O)[C@@H](O)CCCCCCCCCCCCCCCCCCCCCC. The van der Waals surface area contributed by atoms with E-state index in [9.17, 15) is 20.1 Å². The Kier molecular flexibility index (Phi) is 37.2. The van der Waals surface area contributed by atoms with Gasteiger partial charge in [-0.1, -0.05) is 219 Å². The Labute approximate surface area is 293 Å². The minimum absolute atomic E-state index is 0.359. The van der Waals surface area contributed by atoms with Crippen molar-refractivity contribution in [1.82, 2.24) is 5.32 Å². The van der Waals surface area contributed by atoms with Crippen molar-refractivity contribution < 1.29 is 20.1 Å². The highest BCUT2D eigenvalue weighted by atomic mass is 16.3. The Bertz CT molecular complexity index is 655. The largest absolute Gasteiger partial charge is 0.394 e. The summed E-state index contributed by atoms with van der Waals surface area (Å²) in [5, 5.41) is 33.1. The lowest BCUT2D eigenvalue weighted by molar-refractivity contribution is -0.131. The molecule has 0 bridgehead atoms. The van der Waals surface area contributed by atoms with Crippen molar-refractivity contribution in [3.8, 4) is 0 Å². The van der Waals surface area contributed by atoms with E-state index in [0.29, 0.717) is 6.42 Å². The zero-order valence-corrected chi connectivity index (χ0v) is 31.7. The summed E-state index contributed by atoms with van der Waals surface area (Å²) in [6, 6.07) is -0.791. The highest BCUT2D eigenvalue weighted by Crippen LogP contribution is 2.16. The number of aliphatic hydroxyl groups is 3. The average molecular weight is 666 g/mol. The maximum absolute atomic E-state index is 12.4. The van der Waals surface area contributed by atoms with Crippen LogP contribution >= 0.6 is 0 Å². The fraction of sp³-hybridized carbons (Fsp3) is 0.929. The quantitative estimate of drug-likeness (QED) is 0.0390. The molecule has 3 atom stereocenters. The molecule has 0 aromatic rings. The van der Waals surface area contributed by atoms with Crippen molar-refractivity contribution in [2.24, 2.45) is 0 Å². The normalized spacial score (nSPS) is 13.7. The Morgan fingerprint density at radius 1 is 0.511 bits per heavy atom. The van der Waals surface area contributed by atoms with Crippen LogP contribution < -0.4 is 5.32 Å². The van der Waals surface area contributed by atoms with E-state index in [4.69, 9.17) is 0 Å². The second-order valence-electron chi connectivity index (χ2n) is 14.6. The lowest BCUT2D eigenvalue weighted by Crippen LogP contribution is -2.48. The topological polar surface area (TPSA) is 89.8 Å². The molecular weight excluding hydrogens is 582 g/mol. The molecule has 0 saturated carbocycles. The standard InChI is InChI=1S/C42H83NO4/c1-3-5-7-9-11-13-15-17-18-19-20-21-22-23-25-27-29-31-33-35-37-41(46)42(47)43-39(38-44)40(45)36-34-32-30-28-26-24-16-14-12-10-8-6-4-2/h34,36,39-41,44-46H,3-33,35,37-38H2,1-2H3,(H,43,47)/b36-34+/t39-,40+,41-/m0/s1. The number of carbonyl (C=O) groups is 1. The maximum Gasteiger partial charge on any atom is 0.249 e. The van der Waals surface area contributed by atoms with Crippen LogP contribution in [0.15, 0.2) is 12.2 Å². The molecule has 0 aliphatic rings. The van der Waals surface area contributed by atoms with E-state index >= 15 is 0 Å². The maximum atomic E-state index is 12.4. The summed E-state index contributed by atoms with van der Waals surface area (Å²) < 4.78 is 0. The predicted molar refractivity (Wildman–Crippen MR) is 204 cm³/mol. The van der Waals surface area contributed by atoms with Gasteiger partial charge in [-0.05, 0) is 19.3 Å². The molecule has 1 amide bonds. The second-order valence-corrected chi connectivity index (χ2v) is 14.6. The number of allylic oxidation sites excluding steroid dienone is 1. The number of carbonyl (C=O) groups excluding carboxylic acids is 1. The molecule has 0 rings (SSSR count). The molecule has 4 N–H and O–H groups in total. The van der Waals surface area contributed by atoms with Gasteiger partial charge in [-0.15, -0.1) is 0 Å².